The summed E-state index contributed by atoms with van der Waals surface area (Å²) in [6.45, 7) is 1.30. The Balaban J connectivity index is 1.98. The molecule has 1 aromatic heterocycles. The van der Waals surface area contributed by atoms with Crippen LogP contribution in [0, 0.1) is 0 Å². The molecule has 2 rings (SSSR count). The maximum atomic E-state index is 5.39. The van der Waals surface area contributed by atoms with E-state index in [1.165, 1.54) is 0 Å². The normalized spacial score (nSPS) is 17.1. The lowest BCUT2D eigenvalue weighted by atomic mass is 10.3. The zero-order chi connectivity index (χ0) is 8.39. The SMILES string of the molecule is Brc1ccc(OC2COC2)nn1. The molecule has 2 heterocycles. The molecule has 1 fully saturated rings. The fourth-order valence-corrected chi connectivity index (χ4v) is 1.03. The molecule has 1 aromatic rings. The summed E-state index contributed by atoms with van der Waals surface area (Å²) in [7, 11) is 0. The van der Waals surface area contributed by atoms with Crippen molar-refractivity contribution in [1.82, 2.24) is 10.2 Å². The largest absolute Gasteiger partial charge is 0.468 e. The lowest BCUT2D eigenvalue weighted by Crippen LogP contribution is -2.38. The van der Waals surface area contributed by atoms with E-state index in [0.717, 1.165) is 0 Å². The Kier molecular flexibility index (Phi) is 2.23. The Morgan fingerprint density at radius 2 is 2.25 bits per heavy atom. The molecule has 0 aliphatic carbocycles. The van der Waals surface area contributed by atoms with Crippen LogP contribution in [0.1, 0.15) is 0 Å². The smallest absolute Gasteiger partial charge is 0.233 e. The Labute approximate surface area is 78.0 Å². The number of hydrogen-bond donors (Lipinski definition) is 0. The number of hydrogen-bond acceptors (Lipinski definition) is 4. The third-order valence-electron chi connectivity index (χ3n) is 1.50. The summed E-state index contributed by atoms with van der Waals surface area (Å²) in [6.07, 6.45) is 0.153. The van der Waals surface area contributed by atoms with Crippen LogP contribution in [-0.2, 0) is 4.74 Å². The molecular formula is C7H7BrN2O2. The predicted octanol–water partition coefficient (Wildman–Crippen LogP) is 1.02. The van der Waals surface area contributed by atoms with E-state index in [1.54, 1.807) is 12.1 Å². The number of halogens is 1. The first-order valence-electron chi connectivity index (χ1n) is 3.58. The van der Waals surface area contributed by atoms with Crippen molar-refractivity contribution in [1.29, 1.82) is 0 Å². The molecule has 0 saturated carbocycles. The van der Waals surface area contributed by atoms with E-state index in [4.69, 9.17) is 9.47 Å². The third-order valence-corrected chi connectivity index (χ3v) is 1.93. The van der Waals surface area contributed by atoms with Crippen molar-refractivity contribution in [2.24, 2.45) is 0 Å². The van der Waals surface area contributed by atoms with Gasteiger partial charge in [-0.2, -0.15) is 0 Å². The Bertz CT molecular complexity index is 261. The van der Waals surface area contributed by atoms with Crippen molar-refractivity contribution < 1.29 is 9.47 Å². The second kappa shape index (κ2) is 3.37. The van der Waals surface area contributed by atoms with Gasteiger partial charge in [0.25, 0.3) is 0 Å². The van der Waals surface area contributed by atoms with Crippen LogP contribution in [0.5, 0.6) is 5.88 Å². The molecule has 0 unspecified atom stereocenters. The van der Waals surface area contributed by atoms with E-state index in [9.17, 15) is 0 Å². The van der Waals surface area contributed by atoms with Gasteiger partial charge in [0, 0.05) is 6.07 Å². The number of nitrogens with zero attached hydrogens (tertiary/aromatic N) is 2. The van der Waals surface area contributed by atoms with Crippen LogP contribution in [-0.4, -0.2) is 29.5 Å². The minimum Gasteiger partial charge on any atom is -0.468 e. The zero-order valence-electron chi connectivity index (χ0n) is 6.24. The van der Waals surface area contributed by atoms with Gasteiger partial charge in [-0.05, 0) is 22.0 Å². The van der Waals surface area contributed by atoms with Crippen LogP contribution in [0.3, 0.4) is 0 Å². The highest BCUT2D eigenvalue weighted by Gasteiger charge is 2.20. The molecule has 1 saturated heterocycles. The van der Waals surface area contributed by atoms with Gasteiger partial charge in [-0.3, -0.25) is 0 Å². The number of rotatable bonds is 2. The van der Waals surface area contributed by atoms with Crippen molar-refractivity contribution >= 4 is 15.9 Å². The quantitative estimate of drug-likeness (QED) is 0.762. The highest BCUT2D eigenvalue weighted by atomic mass is 79.9. The minimum absolute atomic E-state index is 0.153. The minimum atomic E-state index is 0.153. The van der Waals surface area contributed by atoms with Crippen molar-refractivity contribution in [3.63, 3.8) is 0 Å². The monoisotopic (exact) mass is 230 g/mol. The number of aromatic nitrogens is 2. The summed E-state index contributed by atoms with van der Waals surface area (Å²) in [5.41, 5.74) is 0. The fraction of sp³-hybridized carbons (Fsp3) is 0.429. The van der Waals surface area contributed by atoms with Crippen LogP contribution in [0.15, 0.2) is 16.7 Å². The van der Waals surface area contributed by atoms with Crippen molar-refractivity contribution in [2.45, 2.75) is 6.10 Å². The molecule has 4 nitrogen and oxygen atoms in total. The lowest BCUT2D eigenvalue weighted by molar-refractivity contribution is -0.0816. The van der Waals surface area contributed by atoms with Gasteiger partial charge in [0.1, 0.15) is 10.7 Å². The molecular weight excluding hydrogens is 224 g/mol. The van der Waals surface area contributed by atoms with E-state index in [0.29, 0.717) is 23.7 Å². The third kappa shape index (κ3) is 1.73. The van der Waals surface area contributed by atoms with E-state index in [-0.39, 0.29) is 6.10 Å². The zero-order valence-corrected chi connectivity index (χ0v) is 7.82. The standard InChI is InChI=1S/C7H7BrN2O2/c8-6-1-2-7(10-9-6)12-5-3-11-4-5/h1-2,5H,3-4H2. The van der Waals surface area contributed by atoms with Crippen LogP contribution < -0.4 is 4.74 Å². The number of ether oxygens (including phenoxy) is 2. The molecule has 5 heteroatoms. The Hall–Kier alpha value is -0.680. The molecule has 0 aromatic carbocycles. The highest BCUT2D eigenvalue weighted by Crippen LogP contribution is 2.13. The van der Waals surface area contributed by atoms with Crippen molar-refractivity contribution in [3.05, 3.63) is 16.7 Å². The molecule has 0 spiro atoms. The Morgan fingerprint density at radius 3 is 2.75 bits per heavy atom. The molecule has 0 amide bonds. The van der Waals surface area contributed by atoms with E-state index in [1.807, 2.05) is 0 Å². The summed E-state index contributed by atoms with van der Waals surface area (Å²) >= 11 is 3.19. The van der Waals surface area contributed by atoms with E-state index < -0.39 is 0 Å². The van der Waals surface area contributed by atoms with Crippen LogP contribution in [0.4, 0.5) is 0 Å². The summed E-state index contributed by atoms with van der Waals surface area (Å²) in [5.74, 6) is 0.548. The van der Waals surface area contributed by atoms with Gasteiger partial charge >= 0.3 is 0 Å². The van der Waals surface area contributed by atoms with Gasteiger partial charge in [-0.15, -0.1) is 10.2 Å². The first kappa shape index (κ1) is 7.94. The first-order chi connectivity index (χ1) is 5.84. The highest BCUT2D eigenvalue weighted by molar-refractivity contribution is 9.10. The van der Waals surface area contributed by atoms with E-state index in [2.05, 4.69) is 26.1 Å². The molecule has 12 heavy (non-hydrogen) atoms. The summed E-state index contributed by atoms with van der Waals surface area (Å²) in [4.78, 5) is 0. The van der Waals surface area contributed by atoms with E-state index >= 15 is 0 Å². The second-order valence-corrected chi connectivity index (χ2v) is 3.28. The molecule has 0 bridgehead atoms. The van der Waals surface area contributed by atoms with Crippen LogP contribution in [0.25, 0.3) is 0 Å². The summed E-state index contributed by atoms with van der Waals surface area (Å²) in [6, 6.07) is 3.57. The molecule has 64 valence electrons. The fourth-order valence-electron chi connectivity index (χ4n) is 0.819. The van der Waals surface area contributed by atoms with Gasteiger partial charge in [0.2, 0.25) is 5.88 Å². The maximum Gasteiger partial charge on any atom is 0.233 e. The predicted molar refractivity (Wildman–Crippen MR) is 45.0 cm³/mol. The second-order valence-electron chi connectivity index (χ2n) is 2.47. The average molecular weight is 231 g/mol. The molecule has 0 radical (unpaired) electrons. The van der Waals surface area contributed by atoms with Crippen LogP contribution in [0.2, 0.25) is 0 Å². The molecule has 0 N–H and O–H groups in total. The van der Waals surface area contributed by atoms with Gasteiger partial charge in [0.05, 0.1) is 13.2 Å². The lowest BCUT2D eigenvalue weighted by Gasteiger charge is -2.25. The molecule has 1 aliphatic rings. The Morgan fingerprint density at radius 1 is 1.42 bits per heavy atom. The van der Waals surface area contributed by atoms with Crippen molar-refractivity contribution in [3.8, 4) is 5.88 Å². The maximum absolute atomic E-state index is 5.39. The first-order valence-corrected chi connectivity index (χ1v) is 4.37. The molecule has 1 aliphatic heterocycles. The van der Waals surface area contributed by atoms with Crippen LogP contribution >= 0.6 is 15.9 Å². The topological polar surface area (TPSA) is 44.2 Å². The van der Waals surface area contributed by atoms with Gasteiger partial charge in [0.15, 0.2) is 0 Å². The average Bonchev–Trinajstić information content (AvgIpc) is 2.00. The summed E-state index contributed by atoms with van der Waals surface area (Å²) in [5, 5.41) is 7.62. The van der Waals surface area contributed by atoms with Gasteiger partial charge < -0.3 is 9.47 Å². The molecule has 0 atom stereocenters. The summed E-state index contributed by atoms with van der Waals surface area (Å²) < 4.78 is 11.0. The van der Waals surface area contributed by atoms with Crippen molar-refractivity contribution in [2.75, 3.05) is 13.2 Å². The van der Waals surface area contributed by atoms with Gasteiger partial charge in [-0.25, -0.2) is 0 Å². The van der Waals surface area contributed by atoms with Gasteiger partial charge in [-0.1, -0.05) is 0 Å².